The molecule has 1 saturated heterocycles. The van der Waals surface area contributed by atoms with Crippen molar-refractivity contribution in [2.75, 3.05) is 27.8 Å². The molecular formula is C19H22NO4+. The molecule has 3 aliphatic rings. The predicted octanol–water partition coefficient (Wildman–Crippen LogP) is 0.521. The number of phenolic OH excluding ortho intramolecular Hbond substituents is 1. The highest BCUT2D eigenvalue weighted by molar-refractivity contribution is 6.05. The summed E-state index contributed by atoms with van der Waals surface area (Å²) in [6, 6.07) is 4.10. The highest BCUT2D eigenvalue weighted by Gasteiger charge is 2.54. The number of likely N-dealkylation sites (tertiary alicyclic amines) is 1. The second-order valence-electron chi connectivity index (χ2n) is 6.90. The topological polar surface area (TPSA) is 60.2 Å². The second-order valence-corrected chi connectivity index (χ2v) is 6.90. The molecule has 0 saturated carbocycles. The van der Waals surface area contributed by atoms with Crippen LogP contribution in [0.3, 0.4) is 0 Å². The van der Waals surface area contributed by atoms with Crippen LogP contribution in [0.5, 0.6) is 11.5 Å². The molecule has 1 fully saturated rings. The number of hydrogen-bond donors (Lipinski definition) is 2. The number of fused-ring (bicyclic) bond motifs is 1. The highest BCUT2D eigenvalue weighted by Crippen LogP contribution is 2.53. The molecule has 1 aliphatic heterocycles. The van der Waals surface area contributed by atoms with Crippen LogP contribution in [0.15, 0.2) is 35.6 Å². The summed E-state index contributed by atoms with van der Waals surface area (Å²) in [5.41, 5.74) is 2.61. The number of quaternary nitrogens is 1. The van der Waals surface area contributed by atoms with Crippen LogP contribution in [0.1, 0.15) is 17.5 Å². The molecule has 24 heavy (non-hydrogen) atoms. The number of ether oxygens (including phenoxy) is 2. The summed E-state index contributed by atoms with van der Waals surface area (Å²) in [6.45, 7) is 0.972. The fourth-order valence-electron chi connectivity index (χ4n) is 4.63. The van der Waals surface area contributed by atoms with Gasteiger partial charge < -0.3 is 19.5 Å². The van der Waals surface area contributed by atoms with E-state index in [9.17, 15) is 9.90 Å². The van der Waals surface area contributed by atoms with Crippen LogP contribution in [0.2, 0.25) is 0 Å². The molecule has 3 atom stereocenters. The first-order valence-corrected chi connectivity index (χ1v) is 8.26. The Balaban J connectivity index is 2.03. The molecule has 1 unspecified atom stereocenters. The highest BCUT2D eigenvalue weighted by atomic mass is 16.5. The number of hydrogen-bond acceptors (Lipinski definition) is 4. The lowest BCUT2D eigenvalue weighted by Crippen LogP contribution is -3.15. The van der Waals surface area contributed by atoms with Crippen molar-refractivity contribution in [3.8, 4) is 11.5 Å². The minimum Gasteiger partial charge on any atom is -0.504 e. The fraction of sp³-hybridized carbons (Fsp3) is 0.421. The van der Waals surface area contributed by atoms with Crippen LogP contribution in [-0.2, 0) is 21.4 Å². The lowest BCUT2D eigenvalue weighted by Gasteiger charge is -2.50. The van der Waals surface area contributed by atoms with Crippen molar-refractivity contribution in [2.24, 2.45) is 0 Å². The van der Waals surface area contributed by atoms with Crippen LogP contribution in [0.25, 0.3) is 0 Å². The van der Waals surface area contributed by atoms with Gasteiger partial charge in [-0.25, -0.2) is 0 Å². The van der Waals surface area contributed by atoms with Gasteiger partial charge in [0.25, 0.3) is 0 Å². The predicted molar refractivity (Wildman–Crippen MR) is 88.4 cm³/mol. The average Bonchev–Trinajstić information content (AvgIpc) is 2.58. The summed E-state index contributed by atoms with van der Waals surface area (Å²) in [5.74, 6) is 0.914. The number of piperidine rings is 1. The minimum absolute atomic E-state index is 0.0892. The second kappa shape index (κ2) is 5.11. The quantitative estimate of drug-likeness (QED) is 0.831. The first-order chi connectivity index (χ1) is 11.5. The molecule has 1 aromatic rings. The summed E-state index contributed by atoms with van der Waals surface area (Å²) in [5, 5.41) is 10.9. The van der Waals surface area contributed by atoms with Crippen LogP contribution in [0, 0.1) is 0 Å². The van der Waals surface area contributed by atoms with Crippen molar-refractivity contribution in [1.29, 1.82) is 0 Å². The van der Waals surface area contributed by atoms with E-state index in [1.807, 2.05) is 18.2 Å². The zero-order chi connectivity index (χ0) is 17.1. The minimum atomic E-state index is -0.477. The van der Waals surface area contributed by atoms with Crippen molar-refractivity contribution in [1.82, 2.24) is 0 Å². The molecule has 5 nitrogen and oxygen atoms in total. The lowest BCUT2D eigenvalue weighted by molar-refractivity contribution is -0.905. The van der Waals surface area contributed by atoms with Gasteiger partial charge in [-0.2, -0.15) is 0 Å². The number of likely N-dealkylation sites (N-methyl/N-ethyl adjacent to an activating group) is 1. The van der Waals surface area contributed by atoms with Crippen LogP contribution in [0.4, 0.5) is 0 Å². The number of carbonyl (C=O) groups is 1. The number of phenols is 1. The lowest BCUT2D eigenvalue weighted by atomic mass is 9.58. The SMILES string of the molecule is COC1=C[C@]23CC[NH+](C)[C@H](Cc4ccc(OC)c(O)c42)C3=CC1=O. The van der Waals surface area contributed by atoms with Gasteiger partial charge in [0.05, 0.1) is 33.2 Å². The van der Waals surface area contributed by atoms with E-state index >= 15 is 0 Å². The Morgan fingerprint density at radius 2 is 2.08 bits per heavy atom. The van der Waals surface area contributed by atoms with Gasteiger partial charge in [0, 0.05) is 24.0 Å². The molecule has 1 heterocycles. The zero-order valence-corrected chi connectivity index (χ0v) is 14.2. The summed E-state index contributed by atoms with van der Waals surface area (Å²) < 4.78 is 10.7. The van der Waals surface area contributed by atoms with Gasteiger partial charge in [-0.3, -0.25) is 4.79 Å². The van der Waals surface area contributed by atoms with Crippen molar-refractivity contribution in [3.05, 3.63) is 46.7 Å². The van der Waals surface area contributed by atoms with Gasteiger partial charge in [-0.05, 0) is 23.8 Å². The molecule has 5 heteroatoms. The number of aromatic hydroxyl groups is 1. The van der Waals surface area contributed by atoms with E-state index in [1.165, 1.54) is 12.0 Å². The van der Waals surface area contributed by atoms with Crippen LogP contribution < -0.4 is 9.64 Å². The third-order valence-corrected chi connectivity index (χ3v) is 5.84. The van der Waals surface area contributed by atoms with E-state index in [1.54, 1.807) is 13.2 Å². The molecule has 1 aromatic carbocycles. The van der Waals surface area contributed by atoms with Crippen molar-refractivity contribution >= 4 is 5.78 Å². The van der Waals surface area contributed by atoms with Gasteiger partial charge in [-0.1, -0.05) is 6.07 Å². The van der Waals surface area contributed by atoms with Crippen molar-refractivity contribution in [2.45, 2.75) is 24.3 Å². The van der Waals surface area contributed by atoms with E-state index in [4.69, 9.17) is 9.47 Å². The van der Waals surface area contributed by atoms with Gasteiger partial charge in [0.15, 0.2) is 17.3 Å². The maximum atomic E-state index is 12.4. The smallest absolute Gasteiger partial charge is 0.220 e. The molecule has 2 bridgehead atoms. The van der Waals surface area contributed by atoms with E-state index in [0.29, 0.717) is 11.5 Å². The van der Waals surface area contributed by atoms with Gasteiger partial charge >= 0.3 is 0 Å². The number of allylic oxidation sites excluding steroid dienone is 2. The number of benzene rings is 1. The summed E-state index contributed by atoms with van der Waals surface area (Å²) in [6.07, 6.45) is 5.29. The number of methoxy groups -OCH3 is 2. The van der Waals surface area contributed by atoms with Crippen LogP contribution in [-0.4, -0.2) is 44.7 Å². The molecule has 0 amide bonds. The Morgan fingerprint density at radius 3 is 2.79 bits per heavy atom. The van der Waals surface area contributed by atoms with E-state index in [2.05, 4.69) is 7.05 Å². The Labute approximate surface area is 141 Å². The molecule has 4 rings (SSSR count). The van der Waals surface area contributed by atoms with Gasteiger partial charge in [0.2, 0.25) is 5.78 Å². The molecule has 0 aromatic heterocycles. The number of nitrogens with one attached hydrogen (secondary N) is 1. The molecule has 0 spiro atoms. The maximum absolute atomic E-state index is 12.4. The Bertz CT molecular complexity index is 795. The molecule has 2 N–H and O–H groups in total. The van der Waals surface area contributed by atoms with Crippen LogP contribution >= 0.6 is 0 Å². The number of rotatable bonds is 2. The standard InChI is InChI=1S/C19H21NO4/c1-20-7-6-19-10-16(24-3)14(21)9-12(19)13(20)8-11-4-5-15(23-2)18(22)17(11)19/h4-5,9-10,13,22H,6-8H2,1-3H3/p+1/t13-,19+/m1/s1. The van der Waals surface area contributed by atoms with E-state index < -0.39 is 5.41 Å². The summed E-state index contributed by atoms with van der Waals surface area (Å²) in [7, 11) is 5.25. The monoisotopic (exact) mass is 328 g/mol. The number of carbonyl (C=O) groups excluding carboxylic acids is 1. The molecular weight excluding hydrogens is 306 g/mol. The van der Waals surface area contributed by atoms with E-state index in [-0.39, 0.29) is 17.6 Å². The van der Waals surface area contributed by atoms with Crippen molar-refractivity contribution < 1.29 is 24.3 Å². The van der Waals surface area contributed by atoms with Gasteiger partial charge in [-0.15, -0.1) is 0 Å². The number of ketones is 1. The first kappa shape index (κ1) is 15.3. The van der Waals surface area contributed by atoms with E-state index in [0.717, 1.165) is 36.1 Å². The third-order valence-electron chi connectivity index (χ3n) is 5.84. The Kier molecular flexibility index (Phi) is 3.25. The van der Waals surface area contributed by atoms with Gasteiger partial charge in [0.1, 0.15) is 6.04 Å². The Morgan fingerprint density at radius 1 is 1.29 bits per heavy atom. The first-order valence-electron chi connectivity index (χ1n) is 8.26. The maximum Gasteiger partial charge on any atom is 0.220 e. The summed E-state index contributed by atoms with van der Waals surface area (Å²) >= 11 is 0. The zero-order valence-electron chi connectivity index (χ0n) is 14.2. The molecule has 0 radical (unpaired) electrons. The summed E-state index contributed by atoms with van der Waals surface area (Å²) in [4.78, 5) is 13.8. The average molecular weight is 328 g/mol. The molecule has 126 valence electrons. The van der Waals surface area contributed by atoms with Crippen molar-refractivity contribution in [3.63, 3.8) is 0 Å². The normalized spacial score (nSPS) is 30.7. The largest absolute Gasteiger partial charge is 0.504 e. The fourth-order valence-corrected chi connectivity index (χ4v) is 4.63. The Hall–Kier alpha value is -2.27. The molecule has 2 aliphatic carbocycles. The third kappa shape index (κ3) is 1.82.